The molecule has 0 bridgehead atoms. The van der Waals surface area contributed by atoms with Crippen molar-refractivity contribution in [3.05, 3.63) is 0 Å². The van der Waals surface area contributed by atoms with Crippen molar-refractivity contribution in [3.63, 3.8) is 0 Å². The maximum atomic E-state index is 9.37. The molecule has 1 fully saturated rings. The van der Waals surface area contributed by atoms with Crippen LogP contribution in [-0.2, 0) is 9.53 Å². The molecule has 0 aliphatic carbocycles. The molecule has 1 rings (SSSR count). The summed E-state index contributed by atoms with van der Waals surface area (Å²) in [7, 11) is 0. The second kappa shape index (κ2) is 8.93. The van der Waals surface area contributed by atoms with E-state index < -0.39 is 5.97 Å². The number of hydrogen-bond donors (Lipinski definition) is 2. The molecule has 0 atom stereocenters. The number of nitrogens with zero attached hydrogens (tertiary/aromatic N) is 1. The Hall–Kier alpha value is -0.650. The van der Waals surface area contributed by atoms with Gasteiger partial charge in [-0.05, 0) is 0 Å². The Labute approximate surface area is 84.3 Å². The summed E-state index contributed by atoms with van der Waals surface area (Å²) < 4.78 is 5.12. The predicted octanol–water partition coefficient (Wildman–Crippen LogP) is -0.208. The number of carboxylic acids is 1. The summed E-state index contributed by atoms with van der Waals surface area (Å²) in [5, 5.41) is 16.3. The highest BCUT2D eigenvalue weighted by Crippen LogP contribution is 1.94. The van der Waals surface area contributed by atoms with Crippen molar-refractivity contribution in [2.24, 2.45) is 0 Å². The summed E-state index contributed by atoms with van der Waals surface area (Å²) >= 11 is 0. The Kier molecular flexibility index (Phi) is 8.51. The smallest absolute Gasteiger partial charge is 0.303 e. The lowest BCUT2D eigenvalue weighted by Gasteiger charge is -2.25. The van der Waals surface area contributed by atoms with Gasteiger partial charge in [-0.15, -0.1) is 0 Å². The first-order valence-corrected chi connectivity index (χ1v) is 4.83. The SMILES string of the molecule is CCC(=O)O.OCCN1CCOCC1. The van der Waals surface area contributed by atoms with Crippen LogP contribution in [0.1, 0.15) is 13.3 Å². The summed E-state index contributed by atoms with van der Waals surface area (Å²) in [5.74, 6) is -0.745. The van der Waals surface area contributed by atoms with Crippen molar-refractivity contribution in [2.75, 3.05) is 39.5 Å². The lowest BCUT2D eigenvalue weighted by molar-refractivity contribution is -0.136. The first-order chi connectivity index (χ1) is 6.70. The van der Waals surface area contributed by atoms with E-state index in [2.05, 4.69) is 4.90 Å². The maximum Gasteiger partial charge on any atom is 0.303 e. The molecule has 1 saturated heterocycles. The van der Waals surface area contributed by atoms with E-state index in [1.54, 1.807) is 6.92 Å². The Morgan fingerprint density at radius 3 is 2.29 bits per heavy atom. The third-order valence-corrected chi connectivity index (χ3v) is 1.82. The number of carbonyl (C=O) groups is 1. The second-order valence-corrected chi connectivity index (χ2v) is 2.92. The number of carboxylic acid groups (broad SMARTS) is 1. The van der Waals surface area contributed by atoms with Crippen LogP contribution in [0.25, 0.3) is 0 Å². The molecule has 1 aliphatic heterocycles. The van der Waals surface area contributed by atoms with E-state index in [4.69, 9.17) is 14.9 Å². The molecular weight excluding hydrogens is 186 g/mol. The number of morpholine rings is 1. The van der Waals surface area contributed by atoms with Crippen LogP contribution in [0.2, 0.25) is 0 Å². The van der Waals surface area contributed by atoms with Gasteiger partial charge in [-0.1, -0.05) is 6.92 Å². The minimum absolute atomic E-state index is 0.222. The zero-order valence-electron chi connectivity index (χ0n) is 8.61. The fourth-order valence-electron chi connectivity index (χ4n) is 0.966. The maximum absolute atomic E-state index is 9.37. The minimum atomic E-state index is -0.745. The molecule has 2 N–H and O–H groups in total. The number of hydrogen-bond acceptors (Lipinski definition) is 4. The molecule has 0 aromatic heterocycles. The normalized spacial score (nSPS) is 17.0. The van der Waals surface area contributed by atoms with Gasteiger partial charge in [0.1, 0.15) is 0 Å². The van der Waals surface area contributed by atoms with Crippen LogP contribution in [0.3, 0.4) is 0 Å². The van der Waals surface area contributed by atoms with E-state index >= 15 is 0 Å². The molecule has 0 amide bonds. The van der Waals surface area contributed by atoms with E-state index in [1.807, 2.05) is 0 Å². The molecule has 1 heterocycles. The van der Waals surface area contributed by atoms with E-state index in [0.29, 0.717) is 0 Å². The fraction of sp³-hybridized carbons (Fsp3) is 0.889. The van der Waals surface area contributed by atoms with Crippen LogP contribution in [0.4, 0.5) is 0 Å². The summed E-state index contributed by atoms with van der Waals surface area (Å²) in [6.07, 6.45) is 0.222. The number of aliphatic carboxylic acids is 1. The summed E-state index contributed by atoms with van der Waals surface area (Å²) in [6, 6.07) is 0. The van der Waals surface area contributed by atoms with Gasteiger partial charge in [0.05, 0.1) is 19.8 Å². The van der Waals surface area contributed by atoms with Crippen molar-refractivity contribution < 1.29 is 19.7 Å². The largest absolute Gasteiger partial charge is 0.481 e. The molecular formula is C9H19NO4. The van der Waals surface area contributed by atoms with E-state index in [9.17, 15) is 4.79 Å². The zero-order valence-corrected chi connectivity index (χ0v) is 8.61. The van der Waals surface area contributed by atoms with Gasteiger partial charge in [-0.2, -0.15) is 0 Å². The van der Waals surface area contributed by atoms with E-state index in [1.165, 1.54) is 0 Å². The molecule has 14 heavy (non-hydrogen) atoms. The summed E-state index contributed by atoms with van der Waals surface area (Å²) in [5.41, 5.74) is 0. The quantitative estimate of drug-likeness (QED) is 0.667. The molecule has 84 valence electrons. The van der Waals surface area contributed by atoms with Gasteiger partial charge in [0.25, 0.3) is 0 Å². The van der Waals surface area contributed by atoms with Crippen molar-refractivity contribution in [2.45, 2.75) is 13.3 Å². The fourth-order valence-corrected chi connectivity index (χ4v) is 0.966. The highest BCUT2D eigenvalue weighted by molar-refractivity contribution is 5.66. The molecule has 0 aromatic rings. The number of ether oxygens (including phenoxy) is 1. The number of rotatable bonds is 3. The predicted molar refractivity (Wildman–Crippen MR) is 52.3 cm³/mol. The van der Waals surface area contributed by atoms with Gasteiger partial charge in [0, 0.05) is 26.1 Å². The number of aliphatic hydroxyl groups is 1. The first kappa shape index (κ1) is 13.4. The highest BCUT2D eigenvalue weighted by Gasteiger charge is 2.07. The Bertz CT molecular complexity index is 143. The van der Waals surface area contributed by atoms with Crippen LogP contribution < -0.4 is 0 Å². The number of aliphatic hydroxyl groups excluding tert-OH is 1. The monoisotopic (exact) mass is 205 g/mol. The molecule has 0 radical (unpaired) electrons. The third kappa shape index (κ3) is 7.97. The Morgan fingerprint density at radius 2 is 1.93 bits per heavy atom. The van der Waals surface area contributed by atoms with Gasteiger partial charge in [0.15, 0.2) is 0 Å². The van der Waals surface area contributed by atoms with Crippen LogP contribution >= 0.6 is 0 Å². The van der Waals surface area contributed by atoms with Crippen LogP contribution in [0, 0.1) is 0 Å². The average molecular weight is 205 g/mol. The molecule has 5 heteroatoms. The van der Waals surface area contributed by atoms with Crippen molar-refractivity contribution in [1.29, 1.82) is 0 Å². The molecule has 0 saturated carbocycles. The molecule has 0 aromatic carbocycles. The van der Waals surface area contributed by atoms with Crippen molar-refractivity contribution in [1.82, 2.24) is 4.90 Å². The standard InChI is InChI=1S/C6H13NO2.C3H6O2/c8-4-1-7-2-5-9-6-3-7;1-2-3(4)5/h8H,1-6H2;2H2,1H3,(H,4,5). The molecule has 5 nitrogen and oxygen atoms in total. The van der Waals surface area contributed by atoms with Crippen LogP contribution in [-0.4, -0.2) is 60.5 Å². The molecule has 0 unspecified atom stereocenters. The Morgan fingerprint density at radius 1 is 1.43 bits per heavy atom. The second-order valence-electron chi connectivity index (χ2n) is 2.92. The van der Waals surface area contributed by atoms with Crippen molar-refractivity contribution >= 4 is 5.97 Å². The number of β-amino-alcohol motifs (C(OH)–C–C–N with tert-alkyl or cyclic N) is 1. The topological polar surface area (TPSA) is 70.0 Å². The van der Waals surface area contributed by atoms with Gasteiger partial charge in [-0.25, -0.2) is 0 Å². The summed E-state index contributed by atoms with van der Waals surface area (Å²) in [4.78, 5) is 11.6. The van der Waals surface area contributed by atoms with Gasteiger partial charge >= 0.3 is 5.97 Å². The molecule has 1 aliphatic rings. The lowest BCUT2D eigenvalue weighted by Crippen LogP contribution is -2.37. The zero-order chi connectivity index (χ0) is 10.8. The van der Waals surface area contributed by atoms with Crippen molar-refractivity contribution in [3.8, 4) is 0 Å². The summed E-state index contributed by atoms with van der Waals surface area (Å²) in [6.45, 7) is 6.24. The average Bonchev–Trinajstić information content (AvgIpc) is 2.21. The van der Waals surface area contributed by atoms with Crippen LogP contribution in [0.15, 0.2) is 0 Å². The van der Waals surface area contributed by atoms with Crippen LogP contribution in [0.5, 0.6) is 0 Å². The van der Waals surface area contributed by atoms with Gasteiger partial charge in [0.2, 0.25) is 0 Å². The van der Waals surface area contributed by atoms with E-state index in [-0.39, 0.29) is 13.0 Å². The van der Waals surface area contributed by atoms with Gasteiger partial charge < -0.3 is 14.9 Å². The lowest BCUT2D eigenvalue weighted by atomic mass is 10.4. The molecule has 0 spiro atoms. The highest BCUT2D eigenvalue weighted by atomic mass is 16.5. The third-order valence-electron chi connectivity index (χ3n) is 1.82. The first-order valence-electron chi connectivity index (χ1n) is 4.83. The van der Waals surface area contributed by atoms with E-state index in [0.717, 1.165) is 32.8 Å². The Balaban J connectivity index is 0.000000292. The van der Waals surface area contributed by atoms with Gasteiger partial charge in [-0.3, -0.25) is 9.69 Å². The minimum Gasteiger partial charge on any atom is -0.481 e.